The third kappa shape index (κ3) is 5.16. The molecule has 1 heterocycles. The van der Waals surface area contributed by atoms with Crippen LogP contribution < -0.4 is 4.90 Å². The zero-order valence-corrected chi connectivity index (χ0v) is 13.8. The van der Waals surface area contributed by atoms with Crippen molar-refractivity contribution in [1.82, 2.24) is 0 Å². The van der Waals surface area contributed by atoms with E-state index in [2.05, 4.69) is 20.8 Å². The largest absolute Gasteiger partial charge is 0.452 e. The maximum atomic E-state index is 13.0. The minimum Gasteiger partial charge on any atom is -0.452 e. The molecule has 3 nitrogen and oxygen atoms in total. The van der Waals surface area contributed by atoms with Crippen LogP contribution in [0.15, 0.2) is 39.4 Å². The fourth-order valence-electron chi connectivity index (χ4n) is 2.12. The minimum atomic E-state index is -4.85. The van der Waals surface area contributed by atoms with E-state index in [1.54, 1.807) is 0 Å². The molecule has 2 rings (SSSR count). The van der Waals surface area contributed by atoms with Gasteiger partial charge in [-0.2, -0.15) is 26.3 Å². The maximum Gasteiger partial charge on any atom is 0.407 e. The highest BCUT2D eigenvalue weighted by Gasteiger charge is 2.36. The van der Waals surface area contributed by atoms with Gasteiger partial charge in [0.25, 0.3) is 0 Å². The Morgan fingerprint density at radius 2 is 1.76 bits per heavy atom. The molecule has 0 atom stereocenters. The monoisotopic (exact) mass is 426 g/mol. The van der Waals surface area contributed by atoms with Crippen molar-refractivity contribution in [3.8, 4) is 0 Å². The van der Waals surface area contributed by atoms with Crippen molar-refractivity contribution < 1.29 is 30.8 Å². The highest BCUT2D eigenvalue weighted by atomic mass is 79.9. The molecule has 0 bridgehead atoms. The summed E-state index contributed by atoms with van der Waals surface area (Å²) < 4.78 is 83.0. The second-order valence-electron chi connectivity index (χ2n) is 4.99. The first-order valence-electron chi connectivity index (χ1n) is 6.64. The molecule has 0 aliphatic heterocycles. The molecule has 134 valence electrons. The molecule has 0 unspecified atom stereocenters. The van der Waals surface area contributed by atoms with E-state index in [1.165, 1.54) is 12.1 Å². The van der Waals surface area contributed by atoms with Gasteiger partial charge in [-0.3, -0.25) is 0 Å². The molecule has 1 aromatic heterocycles. The molecular weight excluding hydrogens is 418 g/mol. The summed E-state index contributed by atoms with van der Waals surface area (Å²) in [6, 6.07) is 5.31. The van der Waals surface area contributed by atoms with Crippen molar-refractivity contribution in [2.24, 2.45) is 0 Å². The van der Waals surface area contributed by atoms with Crippen LogP contribution in [0.25, 0.3) is 4.85 Å². The fourth-order valence-corrected chi connectivity index (χ4v) is 2.47. The van der Waals surface area contributed by atoms with Gasteiger partial charge in [-0.05, 0) is 40.2 Å². The Hall–Kier alpha value is -2.15. The van der Waals surface area contributed by atoms with Crippen molar-refractivity contribution in [3.05, 3.63) is 57.7 Å². The summed E-state index contributed by atoms with van der Waals surface area (Å²) in [5.74, 6) is 0.138. The number of nitrogens with zero attached hydrogens (tertiary/aromatic N) is 2. The number of rotatable bonds is 4. The number of halogens is 7. The number of benzene rings is 1. The topological polar surface area (TPSA) is 20.7 Å². The van der Waals surface area contributed by atoms with Crippen LogP contribution >= 0.6 is 15.9 Å². The zero-order valence-electron chi connectivity index (χ0n) is 12.2. The molecule has 2 aromatic rings. The van der Waals surface area contributed by atoms with Gasteiger partial charge in [0.05, 0.1) is 18.7 Å². The van der Waals surface area contributed by atoms with Crippen LogP contribution in [0.1, 0.15) is 11.3 Å². The van der Waals surface area contributed by atoms with Crippen molar-refractivity contribution in [1.29, 1.82) is 0 Å². The highest BCUT2D eigenvalue weighted by molar-refractivity contribution is 9.10. The third-order valence-corrected chi connectivity index (χ3v) is 3.54. The van der Waals surface area contributed by atoms with Crippen molar-refractivity contribution in [2.45, 2.75) is 18.9 Å². The van der Waals surface area contributed by atoms with Crippen LogP contribution in [0.4, 0.5) is 37.7 Å². The Bertz CT molecular complexity index is 791. The van der Waals surface area contributed by atoms with E-state index in [0.717, 1.165) is 12.1 Å². The maximum absolute atomic E-state index is 13.0. The average molecular weight is 427 g/mol. The van der Waals surface area contributed by atoms with Gasteiger partial charge in [0.2, 0.25) is 0 Å². The molecule has 0 aliphatic rings. The lowest BCUT2D eigenvalue weighted by Gasteiger charge is -2.26. The van der Waals surface area contributed by atoms with Gasteiger partial charge in [0.1, 0.15) is 12.3 Å². The van der Waals surface area contributed by atoms with Gasteiger partial charge in [0.15, 0.2) is 10.4 Å². The number of hydrogen-bond acceptors (Lipinski definition) is 2. The van der Waals surface area contributed by atoms with Crippen LogP contribution in [-0.4, -0.2) is 12.7 Å². The molecule has 0 amide bonds. The lowest BCUT2D eigenvalue weighted by molar-refractivity contribution is -0.136. The van der Waals surface area contributed by atoms with E-state index in [9.17, 15) is 26.3 Å². The molecule has 0 saturated carbocycles. The molecule has 0 saturated heterocycles. The molecule has 0 radical (unpaired) electrons. The summed E-state index contributed by atoms with van der Waals surface area (Å²) in [6.07, 6.45) is -9.49. The molecule has 0 spiro atoms. The van der Waals surface area contributed by atoms with E-state index in [0.29, 0.717) is 11.0 Å². The van der Waals surface area contributed by atoms with Gasteiger partial charge in [-0.1, -0.05) is 6.07 Å². The summed E-state index contributed by atoms with van der Waals surface area (Å²) in [7, 11) is 0. The summed E-state index contributed by atoms with van der Waals surface area (Å²) in [6.45, 7) is 4.92. The van der Waals surface area contributed by atoms with Crippen molar-refractivity contribution in [3.63, 3.8) is 0 Å². The van der Waals surface area contributed by atoms with E-state index >= 15 is 0 Å². The second kappa shape index (κ2) is 7.00. The lowest BCUT2D eigenvalue weighted by atomic mass is 10.1. The van der Waals surface area contributed by atoms with E-state index < -0.39 is 30.1 Å². The van der Waals surface area contributed by atoms with Crippen molar-refractivity contribution >= 4 is 27.3 Å². The van der Waals surface area contributed by atoms with E-state index in [4.69, 9.17) is 11.0 Å². The van der Waals surface area contributed by atoms with Crippen LogP contribution in [0.5, 0.6) is 0 Å². The first-order chi connectivity index (χ1) is 11.5. The lowest BCUT2D eigenvalue weighted by Crippen LogP contribution is -2.33. The Kier molecular flexibility index (Phi) is 5.37. The Morgan fingerprint density at radius 1 is 1.08 bits per heavy atom. The number of furan rings is 1. The minimum absolute atomic E-state index is 0.138. The molecule has 10 heteroatoms. The highest BCUT2D eigenvalue weighted by Crippen LogP contribution is 2.39. The first-order valence-corrected chi connectivity index (χ1v) is 7.43. The third-order valence-electron chi connectivity index (χ3n) is 3.12. The number of hydrogen-bond donors (Lipinski definition) is 0. The molecule has 25 heavy (non-hydrogen) atoms. The Labute approximate surface area is 146 Å². The number of anilines is 1. The summed E-state index contributed by atoms with van der Waals surface area (Å²) in [4.78, 5) is 3.47. The van der Waals surface area contributed by atoms with E-state index in [1.807, 2.05) is 0 Å². The second-order valence-corrected chi connectivity index (χ2v) is 5.77. The molecule has 0 fully saturated rings. The molecule has 0 N–H and O–H groups in total. The van der Waals surface area contributed by atoms with Crippen LogP contribution in [0.2, 0.25) is 0 Å². The predicted molar refractivity (Wildman–Crippen MR) is 81.2 cm³/mol. The zero-order chi connectivity index (χ0) is 18.8. The van der Waals surface area contributed by atoms with Crippen molar-refractivity contribution in [2.75, 3.05) is 11.4 Å². The summed E-state index contributed by atoms with van der Waals surface area (Å²) >= 11 is 3.01. The predicted octanol–water partition coefficient (Wildman–Crippen LogP) is 6.18. The van der Waals surface area contributed by atoms with E-state index in [-0.39, 0.29) is 22.7 Å². The van der Waals surface area contributed by atoms with Gasteiger partial charge < -0.3 is 9.32 Å². The standard InChI is InChI=1S/C15H9BrF6N2O/c1-23-12-4-2-9(6-11(12)15(20,21)22)24(8-14(17,18)19)7-10-3-5-13(16)25-10/h2-6H,7-8H2. The molecular formula is C15H9BrF6N2O. The Balaban J connectivity index is 2.44. The SMILES string of the molecule is [C-]#[N+]c1ccc(N(Cc2ccc(Br)o2)CC(F)(F)F)cc1C(F)(F)F. The van der Waals surface area contributed by atoms with Crippen LogP contribution in [0, 0.1) is 6.57 Å². The summed E-state index contributed by atoms with van der Waals surface area (Å²) in [5.41, 5.74) is -2.28. The normalized spacial score (nSPS) is 12.1. The van der Waals surface area contributed by atoms with Gasteiger partial charge in [-0.25, -0.2) is 4.85 Å². The van der Waals surface area contributed by atoms with Gasteiger partial charge in [-0.15, -0.1) is 0 Å². The molecule has 0 aliphatic carbocycles. The Morgan fingerprint density at radius 3 is 2.24 bits per heavy atom. The first kappa shape index (κ1) is 19.2. The summed E-state index contributed by atoms with van der Waals surface area (Å²) in [5, 5.41) is 0. The van der Waals surface area contributed by atoms with Gasteiger partial charge >= 0.3 is 12.4 Å². The average Bonchev–Trinajstić information content (AvgIpc) is 2.89. The van der Waals surface area contributed by atoms with Gasteiger partial charge in [0, 0.05) is 5.69 Å². The smallest absolute Gasteiger partial charge is 0.407 e. The fraction of sp³-hybridized carbons (Fsp3) is 0.267. The molecule has 1 aromatic carbocycles. The number of alkyl halides is 6. The van der Waals surface area contributed by atoms with Crippen LogP contribution in [-0.2, 0) is 12.7 Å². The van der Waals surface area contributed by atoms with Crippen LogP contribution in [0.3, 0.4) is 0 Å². The quantitative estimate of drug-likeness (QED) is 0.429.